The standard InChI is InChI=1S/C19H23FN2O3/c1-14-18-4-3-7-21(18)8-9-22(14)19(23)15-5-6-17(20)16(12-15)13-25-11-10-24-2/h3-7,12,14H,8-11,13H2,1-2H3/t14-/m0/s1. The molecule has 0 saturated carbocycles. The highest BCUT2D eigenvalue weighted by molar-refractivity contribution is 5.94. The molecule has 3 rings (SSSR count). The maximum absolute atomic E-state index is 14.0. The van der Waals surface area contributed by atoms with Crippen LogP contribution in [-0.2, 0) is 22.6 Å². The second-order valence-corrected chi connectivity index (χ2v) is 6.15. The lowest BCUT2D eigenvalue weighted by Crippen LogP contribution is -2.40. The van der Waals surface area contributed by atoms with Crippen LogP contribution in [0.1, 0.15) is 34.6 Å². The summed E-state index contributed by atoms with van der Waals surface area (Å²) >= 11 is 0. The number of ether oxygens (including phenoxy) is 2. The van der Waals surface area contributed by atoms with Gasteiger partial charge in [-0.15, -0.1) is 0 Å². The fourth-order valence-corrected chi connectivity index (χ4v) is 3.16. The van der Waals surface area contributed by atoms with Crippen LogP contribution in [0.2, 0.25) is 0 Å². The molecule has 1 atom stereocenters. The number of fused-ring (bicyclic) bond motifs is 1. The number of aromatic nitrogens is 1. The van der Waals surface area contributed by atoms with Crippen LogP contribution in [0.3, 0.4) is 0 Å². The van der Waals surface area contributed by atoms with E-state index in [0.29, 0.717) is 30.9 Å². The van der Waals surface area contributed by atoms with Crippen LogP contribution < -0.4 is 0 Å². The number of carbonyl (C=O) groups is 1. The molecule has 0 fully saturated rings. The zero-order chi connectivity index (χ0) is 17.8. The maximum Gasteiger partial charge on any atom is 0.254 e. The summed E-state index contributed by atoms with van der Waals surface area (Å²) in [7, 11) is 1.58. The smallest absolute Gasteiger partial charge is 0.254 e. The second kappa shape index (κ2) is 7.80. The first kappa shape index (κ1) is 17.6. The Bertz CT molecular complexity index is 744. The predicted octanol–water partition coefficient (Wildman–Crippen LogP) is 3.01. The Morgan fingerprint density at radius 3 is 2.92 bits per heavy atom. The first-order chi connectivity index (χ1) is 12.1. The van der Waals surface area contributed by atoms with Crippen molar-refractivity contribution in [1.29, 1.82) is 0 Å². The van der Waals surface area contributed by atoms with Gasteiger partial charge in [0.15, 0.2) is 0 Å². The van der Waals surface area contributed by atoms with Gasteiger partial charge < -0.3 is 18.9 Å². The normalized spacial score (nSPS) is 16.8. The molecule has 0 bridgehead atoms. The summed E-state index contributed by atoms with van der Waals surface area (Å²) in [5.74, 6) is -0.451. The lowest BCUT2D eigenvalue weighted by atomic mass is 10.1. The Morgan fingerprint density at radius 1 is 1.28 bits per heavy atom. The number of carbonyl (C=O) groups excluding carboxylic acids is 1. The van der Waals surface area contributed by atoms with Crippen LogP contribution in [0, 0.1) is 5.82 Å². The average molecular weight is 346 g/mol. The lowest BCUT2D eigenvalue weighted by Gasteiger charge is -2.35. The van der Waals surface area contributed by atoms with Crippen LogP contribution in [0.15, 0.2) is 36.5 Å². The molecular formula is C19H23FN2O3. The van der Waals surface area contributed by atoms with Crippen molar-refractivity contribution in [2.24, 2.45) is 0 Å². The fraction of sp³-hybridized carbons (Fsp3) is 0.421. The summed E-state index contributed by atoms with van der Waals surface area (Å²) in [6, 6.07) is 8.47. The Morgan fingerprint density at radius 2 is 2.12 bits per heavy atom. The molecule has 0 spiro atoms. The third-order valence-corrected chi connectivity index (χ3v) is 4.58. The number of halogens is 1. The van der Waals surface area contributed by atoms with Gasteiger partial charge in [0.2, 0.25) is 0 Å². The largest absolute Gasteiger partial charge is 0.382 e. The van der Waals surface area contributed by atoms with Crippen molar-refractivity contribution < 1.29 is 18.7 Å². The van der Waals surface area contributed by atoms with Crippen LogP contribution in [-0.4, -0.2) is 42.2 Å². The molecule has 0 saturated heterocycles. The van der Waals surface area contributed by atoms with E-state index in [0.717, 1.165) is 12.2 Å². The molecule has 1 amide bonds. The Kier molecular flexibility index (Phi) is 5.50. The third-order valence-electron chi connectivity index (χ3n) is 4.58. The van der Waals surface area contributed by atoms with E-state index in [9.17, 15) is 9.18 Å². The summed E-state index contributed by atoms with van der Waals surface area (Å²) in [4.78, 5) is 14.7. The van der Waals surface area contributed by atoms with Gasteiger partial charge >= 0.3 is 0 Å². The number of amides is 1. The zero-order valence-corrected chi connectivity index (χ0v) is 14.6. The van der Waals surface area contributed by atoms with Crippen molar-refractivity contribution >= 4 is 5.91 Å². The molecule has 25 heavy (non-hydrogen) atoms. The molecule has 0 aliphatic carbocycles. The Hall–Kier alpha value is -2.18. The highest BCUT2D eigenvalue weighted by Crippen LogP contribution is 2.27. The van der Waals surface area contributed by atoms with Gasteiger partial charge in [-0.1, -0.05) is 0 Å². The van der Waals surface area contributed by atoms with Gasteiger partial charge in [-0.3, -0.25) is 4.79 Å². The molecule has 0 N–H and O–H groups in total. The van der Waals surface area contributed by atoms with E-state index in [4.69, 9.17) is 9.47 Å². The van der Waals surface area contributed by atoms with Gasteiger partial charge in [0.05, 0.1) is 25.9 Å². The Labute approximate surface area is 147 Å². The van der Waals surface area contributed by atoms with Gasteiger partial charge in [0.1, 0.15) is 5.82 Å². The van der Waals surface area contributed by atoms with Gasteiger partial charge in [0.25, 0.3) is 5.91 Å². The maximum atomic E-state index is 14.0. The minimum absolute atomic E-state index is 0.0114. The number of hydrogen-bond acceptors (Lipinski definition) is 3. The second-order valence-electron chi connectivity index (χ2n) is 6.15. The van der Waals surface area contributed by atoms with Crippen molar-refractivity contribution in [2.75, 3.05) is 26.9 Å². The van der Waals surface area contributed by atoms with Crippen molar-refractivity contribution in [3.63, 3.8) is 0 Å². The molecule has 1 aliphatic heterocycles. The number of hydrogen-bond donors (Lipinski definition) is 0. The first-order valence-corrected chi connectivity index (χ1v) is 8.43. The summed E-state index contributed by atoms with van der Waals surface area (Å²) in [6.45, 7) is 4.38. The van der Waals surface area contributed by atoms with Crippen molar-refractivity contribution in [2.45, 2.75) is 26.1 Å². The fourth-order valence-electron chi connectivity index (χ4n) is 3.16. The number of nitrogens with zero attached hydrogens (tertiary/aromatic N) is 2. The Balaban J connectivity index is 1.74. The molecule has 0 unspecified atom stereocenters. The van der Waals surface area contributed by atoms with E-state index in [1.807, 2.05) is 30.2 Å². The third kappa shape index (κ3) is 3.75. The molecule has 134 valence electrons. The molecule has 5 nitrogen and oxygen atoms in total. The topological polar surface area (TPSA) is 43.7 Å². The number of rotatable bonds is 6. The van der Waals surface area contributed by atoms with E-state index in [-0.39, 0.29) is 24.4 Å². The van der Waals surface area contributed by atoms with E-state index in [2.05, 4.69) is 4.57 Å². The van der Waals surface area contributed by atoms with E-state index in [1.54, 1.807) is 13.2 Å². The molecule has 2 heterocycles. The van der Waals surface area contributed by atoms with E-state index < -0.39 is 0 Å². The molecule has 6 heteroatoms. The van der Waals surface area contributed by atoms with Crippen molar-refractivity contribution in [3.05, 3.63) is 59.2 Å². The van der Waals surface area contributed by atoms with Crippen LogP contribution in [0.25, 0.3) is 0 Å². The number of benzene rings is 1. The highest BCUT2D eigenvalue weighted by atomic mass is 19.1. The van der Waals surface area contributed by atoms with Gasteiger partial charge in [-0.25, -0.2) is 4.39 Å². The van der Waals surface area contributed by atoms with Crippen LogP contribution in [0.5, 0.6) is 0 Å². The lowest BCUT2D eigenvalue weighted by molar-refractivity contribution is 0.0599. The molecular weight excluding hydrogens is 323 g/mol. The zero-order valence-electron chi connectivity index (χ0n) is 14.6. The summed E-state index contributed by atoms with van der Waals surface area (Å²) in [5, 5.41) is 0. The van der Waals surface area contributed by atoms with Crippen molar-refractivity contribution in [1.82, 2.24) is 9.47 Å². The van der Waals surface area contributed by atoms with Crippen LogP contribution in [0.4, 0.5) is 4.39 Å². The quantitative estimate of drug-likeness (QED) is 0.755. The highest BCUT2D eigenvalue weighted by Gasteiger charge is 2.28. The van der Waals surface area contributed by atoms with Crippen molar-refractivity contribution in [3.8, 4) is 0 Å². The van der Waals surface area contributed by atoms with Gasteiger partial charge in [0, 0.05) is 43.2 Å². The average Bonchev–Trinajstić information content (AvgIpc) is 3.09. The molecule has 2 aromatic rings. The number of methoxy groups -OCH3 is 1. The molecule has 1 aliphatic rings. The molecule has 1 aromatic heterocycles. The summed E-state index contributed by atoms with van der Waals surface area (Å²) < 4.78 is 26.4. The van der Waals surface area contributed by atoms with E-state index >= 15 is 0 Å². The molecule has 1 aromatic carbocycles. The molecule has 0 radical (unpaired) electrons. The first-order valence-electron chi connectivity index (χ1n) is 8.43. The summed E-state index contributed by atoms with van der Waals surface area (Å²) in [5.41, 5.74) is 1.98. The summed E-state index contributed by atoms with van der Waals surface area (Å²) in [6.07, 6.45) is 2.03. The monoisotopic (exact) mass is 346 g/mol. The minimum Gasteiger partial charge on any atom is -0.382 e. The van der Waals surface area contributed by atoms with Gasteiger partial charge in [-0.2, -0.15) is 0 Å². The predicted molar refractivity (Wildman–Crippen MR) is 91.8 cm³/mol. The SMILES string of the molecule is COCCOCc1cc(C(=O)N2CCn3cccc3[C@@H]2C)ccc1F. The van der Waals surface area contributed by atoms with Gasteiger partial charge in [-0.05, 0) is 37.3 Å². The minimum atomic E-state index is -0.366. The van der Waals surface area contributed by atoms with E-state index in [1.165, 1.54) is 12.1 Å². The van der Waals surface area contributed by atoms with Crippen LogP contribution >= 0.6 is 0 Å².